The van der Waals surface area contributed by atoms with Crippen molar-refractivity contribution < 1.29 is 13.2 Å². The molecule has 1 saturated heterocycles. The normalized spacial score (nSPS) is 23.1. The fraction of sp³-hybridized carbons (Fsp3) is 0.667. The van der Waals surface area contributed by atoms with Gasteiger partial charge in [-0.25, -0.2) is 0 Å². The van der Waals surface area contributed by atoms with Crippen LogP contribution in [-0.2, 0) is 0 Å². The van der Waals surface area contributed by atoms with Crippen LogP contribution in [0.15, 0.2) is 12.3 Å². The Morgan fingerprint density at radius 1 is 1.47 bits per heavy atom. The number of nitrogens with zero attached hydrogens (tertiary/aromatic N) is 2. The summed E-state index contributed by atoms with van der Waals surface area (Å²) in [6.45, 7) is 0.672. The minimum atomic E-state index is -4.09. The van der Waals surface area contributed by atoms with E-state index in [1.54, 1.807) is 17.2 Å². The Bertz CT molecular complexity index is 307. The summed E-state index contributed by atoms with van der Waals surface area (Å²) in [5, 5.41) is 6.50. The monoisotopic (exact) mass is 219 g/mol. The summed E-state index contributed by atoms with van der Waals surface area (Å²) in [5.74, 6) is -0.619. The van der Waals surface area contributed by atoms with Gasteiger partial charge in [0.15, 0.2) is 0 Å². The first-order chi connectivity index (χ1) is 7.07. The van der Waals surface area contributed by atoms with Crippen LogP contribution in [0.3, 0.4) is 0 Å². The molecule has 1 N–H and O–H groups in total. The average molecular weight is 219 g/mol. The highest BCUT2D eigenvalue weighted by Crippen LogP contribution is 2.34. The first-order valence-corrected chi connectivity index (χ1v) is 4.89. The van der Waals surface area contributed by atoms with Gasteiger partial charge >= 0.3 is 6.18 Å². The van der Waals surface area contributed by atoms with Crippen LogP contribution in [0, 0.1) is 5.92 Å². The molecule has 0 aliphatic carbocycles. The van der Waals surface area contributed by atoms with Crippen LogP contribution in [-0.4, -0.2) is 29.5 Å². The zero-order chi connectivity index (χ0) is 10.9. The second kappa shape index (κ2) is 3.75. The molecule has 1 aromatic rings. The number of piperidine rings is 1. The topological polar surface area (TPSA) is 31.9 Å². The number of hydrogen-bond donors (Lipinski definition) is 1. The molecular formula is C9H12F3N3. The van der Waals surface area contributed by atoms with Crippen LogP contribution < -0.4 is 4.90 Å². The van der Waals surface area contributed by atoms with Gasteiger partial charge in [0.05, 0.1) is 5.92 Å². The maximum Gasteiger partial charge on any atom is 0.393 e. The van der Waals surface area contributed by atoms with Crippen molar-refractivity contribution in [3.63, 3.8) is 0 Å². The van der Waals surface area contributed by atoms with Crippen molar-refractivity contribution in [2.75, 3.05) is 18.0 Å². The van der Waals surface area contributed by atoms with Gasteiger partial charge in [0.1, 0.15) is 5.82 Å². The van der Waals surface area contributed by atoms with Crippen LogP contribution >= 0.6 is 0 Å². The fourth-order valence-electron chi connectivity index (χ4n) is 1.88. The minimum absolute atomic E-state index is 0.0222. The summed E-state index contributed by atoms with van der Waals surface area (Å²) in [6, 6.07) is 1.69. The highest BCUT2D eigenvalue weighted by Gasteiger charge is 2.42. The number of aromatic amines is 1. The third kappa shape index (κ3) is 2.24. The van der Waals surface area contributed by atoms with Crippen molar-refractivity contribution in [2.45, 2.75) is 19.0 Å². The Morgan fingerprint density at radius 2 is 2.27 bits per heavy atom. The van der Waals surface area contributed by atoms with E-state index in [-0.39, 0.29) is 13.0 Å². The molecule has 0 aromatic carbocycles. The van der Waals surface area contributed by atoms with Crippen molar-refractivity contribution in [2.24, 2.45) is 5.92 Å². The van der Waals surface area contributed by atoms with Crippen LogP contribution in [0.25, 0.3) is 0 Å². The van der Waals surface area contributed by atoms with Crippen molar-refractivity contribution in [3.8, 4) is 0 Å². The van der Waals surface area contributed by atoms with Crippen LogP contribution in [0.2, 0.25) is 0 Å². The molecule has 1 aliphatic rings. The van der Waals surface area contributed by atoms with Crippen LogP contribution in [0.1, 0.15) is 12.8 Å². The molecule has 0 unspecified atom stereocenters. The van der Waals surface area contributed by atoms with Gasteiger partial charge in [-0.2, -0.15) is 18.3 Å². The number of anilines is 1. The minimum Gasteiger partial charge on any atom is -0.355 e. The largest absolute Gasteiger partial charge is 0.393 e. The Kier molecular flexibility index (Phi) is 2.58. The molecule has 0 bridgehead atoms. The predicted octanol–water partition coefficient (Wildman–Crippen LogP) is 2.19. The van der Waals surface area contributed by atoms with E-state index in [0.717, 1.165) is 0 Å². The molecule has 0 spiro atoms. The van der Waals surface area contributed by atoms with E-state index in [2.05, 4.69) is 10.2 Å². The highest BCUT2D eigenvalue weighted by atomic mass is 19.4. The summed E-state index contributed by atoms with van der Waals surface area (Å²) in [6.07, 6.45) is -1.68. The Labute approximate surface area is 85.3 Å². The van der Waals surface area contributed by atoms with Gasteiger partial charge in [0.2, 0.25) is 0 Å². The second-order valence-corrected chi connectivity index (χ2v) is 3.76. The fourth-order valence-corrected chi connectivity index (χ4v) is 1.88. The van der Waals surface area contributed by atoms with Gasteiger partial charge in [0, 0.05) is 25.4 Å². The maximum atomic E-state index is 12.5. The smallest absolute Gasteiger partial charge is 0.355 e. The molecule has 0 radical (unpaired) electrons. The second-order valence-electron chi connectivity index (χ2n) is 3.76. The van der Waals surface area contributed by atoms with Gasteiger partial charge in [0.25, 0.3) is 0 Å². The lowest BCUT2D eigenvalue weighted by Gasteiger charge is -2.33. The molecule has 15 heavy (non-hydrogen) atoms. The summed E-state index contributed by atoms with van der Waals surface area (Å²) in [7, 11) is 0. The Hall–Kier alpha value is -1.20. The number of halogens is 3. The SMILES string of the molecule is FC(F)(F)[C@@H]1CCCN(c2cc[nH]n2)C1. The number of nitrogens with one attached hydrogen (secondary N) is 1. The molecule has 2 rings (SSSR count). The summed E-state index contributed by atoms with van der Waals surface area (Å²) in [4.78, 5) is 1.68. The molecule has 2 heterocycles. The first-order valence-electron chi connectivity index (χ1n) is 4.89. The van der Waals surface area contributed by atoms with E-state index in [1.165, 1.54) is 0 Å². The van der Waals surface area contributed by atoms with E-state index >= 15 is 0 Å². The third-order valence-corrected chi connectivity index (χ3v) is 2.69. The van der Waals surface area contributed by atoms with E-state index in [4.69, 9.17) is 0 Å². The van der Waals surface area contributed by atoms with Crippen molar-refractivity contribution in [3.05, 3.63) is 12.3 Å². The van der Waals surface area contributed by atoms with Gasteiger partial charge in [-0.3, -0.25) is 5.10 Å². The molecule has 84 valence electrons. The standard InChI is InChI=1S/C9H12F3N3/c10-9(11,12)7-2-1-5-15(6-7)8-3-4-13-14-8/h3-4,7H,1-2,5-6H2,(H,13,14)/t7-/m1/s1. The highest BCUT2D eigenvalue weighted by molar-refractivity contribution is 5.37. The van der Waals surface area contributed by atoms with Gasteiger partial charge < -0.3 is 4.90 Å². The van der Waals surface area contributed by atoms with Crippen LogP contribution in [0.5, 0.6) is 0 Å². The first kappa shape index (κ1) is 10.3. The number of hydrogen-bond acceptors (Lipinski definition) is 2. The molecule has 1 fully saturated rings. The third-order valence-electron chi connectivity index (χ3n) is 2.69. The number of alkyl halides is 3. The number of rotatable bonds is 1. The molecule has 6 heteroatoms. The van der Waals surface area contributed by atoms with E-state index in [0.29, 0.717) is 18.8 Å². The predicted molar refractivity (Wildman–Crippen MR) is 49.6 cm³/mol. The lowest BCUT2D eigenvalue weighted by atomic mass is 9.97. The van der Waals surface area contributed by atoms with Crippen molar-refractivity contribution in [1.29, 1.82) is 0 Å². The summed E-state index contributed by atoms with van der Waals surface area (Å²) < 4.78 is 37.5. The van der Waals surface area contributed by atoms with Gasteiger partial charge in [-0.1, -0.05) is 0 Å². The lowest BCUT2D eigenvalue weighted by Crippen LogP contribution is -2.41. The number of H-pyrrole nitrogens is 1. The quantitative estimate of drug-likeness (QED) is 0.785. The molecule has 0 saturated carbocycles. The molecule has 1 atom stereocenters. The average Bonchev–Trinajstić information content (AvgIpc) is 2.69. The number of aromatic nitrogens is 2. The summed E-state index contributed by atoms with van der Waals surface area (Å²) >= 11 is 0. The zero-order valence-corrected chi connectivity index (χ0v) is 8.09. The van der Waals surface area contributed by atoms with Crippen molar-refractivity contribution >= 4 is 5.82 Å². The molecule has 0 amide bonds. The summed E-state index contributed by atoms with van der Waals surface area (Å²) in [5.41, 5.74) is 0. The lowest BCUT2D eigenvalue weighted by molar-refractivity contribution is -0.176. The van der Waals surface area contributed by atoms with Crippen molar-refractivity contribution in [1.82, 2.24) is 10.2 Å². The Morgan fingerprint density at radius 3 is 2.87 bits per heavy atom. The van der Waals surface area contributed by atoms with Gasteiger partial charge in [-0.05, 0) is 12.8 Å². The molecular weight excluding hydrogens is 207 g/mol. The molecule has 1 aliphatic heterocycles. The van der Waals surface area contributed by atoms with Crippen LogP contribution in [0.4, 0.5) is 19.0 Å². The van der Waals surface area contributed by atoms with E-state index < -0.39 is 12.1 Å². The maximum absolute atomic E-state index is 12.5. The van der Waals surface area contributed by atoms with E-state index in [1.807, 2.05) is 0 Å². The van der Waals surface area contributed by atoms with E-state index in [9.17, 15) is 13.2 Å². The Balaban J connectivity index is 2.05. The molecule has 1 aromatic heterocycles. The zero-order valence-electron chi connectivity index (χ0n) is 8.09. The van der Waals surface area contributed by atoms with Gasteiger partial charge in [-0.15, -0.1) is 0 Å². The molecule has 3 nitrogen and oxygen atoms in total.